The van der Waals surface area contributed by atoms with Gasteiger partial charge in [0.2, 0.25) is 5.90 Å². The number of ketones is 1. The predicted molar refractivity (Wildman–Crippen MR) is 92.9 cm³/mol. The Hall–Kier alpha value is -1.99. The summed E-state index contributed by atoms with van der Waals surface area (Å²) in [6, 6.07) is 6.47. The van der Waals surface area contributed by atoms with Crippen LogP contribution in [-0.2, 0) is 24.3 Å². The molecule has 0 N–H and O–H groups in total. The maximum Gasteiger partial charge on any atom is 0.285 e. The standard InChI is InChI=1S/C18H21NO5S/c1-12-4-6-14(7-5-12)25(21,22)19-17(23-3)15-11-24-18(2)9-8-13(20)10-16(15)18/h4-9,15-16H,10-11H2,1-3H3/b19-17+/t15-,16-,18-/m0/s1. The fourth-order valence-electron chi connectivity index (χ4n) is 3.33. The first-order chi connectivity index (χ1) is 11.7. The van der Waals surface area contributed by atoms with Crippen molar-refractivity contribution >= 4 is 21.7 Å². The summed E-state index contributed by atoms with van der Waals surface area (Å²) in [5.41, 5.74) is 0.355. The Morgan fingerprint density at radius 1 is 1.32 bits per heavy atom. The van der Waals surface area contributed by atoms with Gasteiger partial charge in [0.15, 0.2) is 5.78 Å². The molecule has 1 heterocycles. The third-order valence-corrected chi connectivity index (χ3v) is 6.16. The Kier molecular flexibility index (Phi) is 4.55. The second-order valence-electron chi connectivity index (χ2n) is 6.63. The summed E-state index contributed by atoms with van der Waals surface area (Å²) in [4.78, 5) is 11.9. The lowest BCUT2D eigenvalue weighted by atomic mass is 9.75. The van der Waals surface area contributed by atoms with Crippen LogP contribution in [0, 0.1) is 18.8 Å². The highest BCUT2D eigenvalue weighted by molar-refractivity contribution is 7.90. The third-order valence-electron chi connectivity index (χ3n) is 4.87. The lowest BCUT2D eigenvalue weighted by Crippen LogP contribution is -2.38. The van der Waals surface area contributed by atoms with Gasteiger partial charge in [-0.3, -0.25) is 4.79 Å². The monoisotopic (exact) mass is 363 g/mol. The van der Waals surface area contributed by atoms with Crippen molar-refractivity contribution in [2.45, 2.75) is 30.8 Å². The van der Waals surface area contributed by atoms with E-state index in [4.69, 9.17) is 9.47 Å². The van der Waals surface area contributed by atoms with Gasteiger partial charge in [0.1, 0.15) is 0 Å². The number of ether oxygens (including phenoxy) is 2. The molecular formula is C18H21NO5S. The molecule has 0 radical (unpaired) electrons. The number of carbonyl (C=O) groups excluding carboxylic acids is 1. The largest absolute Gasteiger partial charge is 0.483 e. The van der Waals surface area contributed by atoms with Gasteiger partial charge in [0.05, 0.1) is 30.1 Å². The summed E-state index contributed by atoms with van der Waals surface area (Å²) in [5.74, 6) is -0.506. The number of hydrogen-bond acceptors (Lipinski definition) is 5. The number of sulfonamides is 1. The van der Waals surface area contributed by atoms with Crippen molar-refractivity contribution < 1.29 is 22.7 Å². The van der Waals surface area contributed by atoms with E-state index in [1.165, 1.54) is 25.3 Å². The molecule has 1 aromatic rings. The quantitative estimate of drug-likeness (QED) is 0.608. The van der Waals surface area contributed by atoms with Gasteiger partial charge in [-0.05, 0) is 38.1 Å². The molecule has 7 heteroatoms. The molecule has 1 aromatic carbocycles. The molecule has 1 aliphatic heterocycles. The van der Waals surface area contributed by atoms with Crippen molar-refractivity contribution in [3.05, 3.63) is 42.0 Å². The summed E-state index contributed by atoms with van der Waals surface area (Å²) >= 11 is 0. The molecule has 3 rings (SSSR count). The Labute approximate surface area is 147 Å². The van der Waals surface area contributed by atoms with Gasteiger partial charge in [0.25, 0.3) is 10.0 Å². The van der Waals surface area contributed by atoms with Crippen LogP contribution in [0.4, 0.5) is 0 Å². The first-order valence-electron chi connectivity index (χ1n) is 8.07. The molecule has 0 saturated carbocycles. The van der Waals surface area contributed by atoms with Crippen LogP contribution in [0.25, 0.3) is 0 Å². The molecule has 0 amide bonds. The second-order valence-corrected chi connectivity index (χ2v) is 8.24. The van der Waals surface area contributed by atoms with E-state index in [9.17, 15) is 13.2 Å². The van der Waals surface area contributed by atoms with E-state index >= 15 is 0 Å². The summed E-state index contributed by atoms with van der Waals surface area (Å²) in [6.45, 7) is 4.03. The number of fused-ring (bicyclic) bond motifs is 1. The van der Waals surface area contributed by atoms with E-state index in [1.807, 2.05) is 13.8 Å². The summed E-state index contributed by atoms with van der Waals surface area (Å²) < 4.78 is 40.2. The zero-order valence-corrected chi connectivity index (χ0v) is 15.2. The highest BCUT2D eigenvalue weighted by atomic mass is 32.2. The van der Waals surface area contributed by atoms with Gasteiger partial charge in [-0.2, -0.15) is 8.42 Å². The molecule has 25 heavy (non-hydrogen) atoms. The number of nitrogens with zero attached hydrogens (tertiary/aromatic N) is 1. The molecule has 2 aliphatic rings. The second kappa shape index (κ2) is 6.38. The van der Waals surface area contributed by atoms with E-state index in [0.29, 0.717) is 0 Å². The molecule has 0 unspecified atom stereocenters. The van der Waals surface area contributed by atoms with Crippen molar-refractivity contribution in [1.82, 2.24) is 0 Å². The summed E-state index contributed by atoms with van der Waals surface area (Å²) in [7, 11) is -2.50. The lowest BCUT2D eigenvalue weighted by Gasteiger charge is -2.31. The minimum absolute atomic E-state index is 0.00480. The third kappa shape index (κ3) is 3.39. The molecule has 1 saturated heterocycles. The topological polar surface area (TPSA) is 82.0 Å². The van der Waals surface area contributed by atoms with Gasteiger partial charge >= 0.3 is 0 Å². The van der Waals surface area contributed by atoms with E-state index in [2.05, 4.69) is 4.40 Å². The molecule has 134 valence electrons. The number of hydrogen-bond donors (Lipinski definition) is 0. The average molecular weight is 363 g/mol. The van der Waals surface area contributed by atoms with E-state index < -0.39 is 15.6 Å². The number of benzene rings is 1. The van der Waals surface area contributed by atoms with Crippen molar-refractivity contribution in [2.75, 3.05) is 13.7 Å². The van der Waals surface area contributed by atoms with Crippen LogP contribution >= 0.6 is 0 Å². The Morgan fingerprint density at radius 3 is 2.64 bits per heavy atom. The number of aryl methyl sites for hydroxylation is 1. The molecule has 0 bridgehead atoms. The lowest BCUT2D eigenvalue weighted by molar-refractivity contribution is -0.117. The van der Waals surface area contributed by atoms with Crippen LogP contribution in [0.5, 0.6) is 0 Å². The normalized spacial score (nSPS) is 29.6. The van der Waals surface area contributed by atoms with Crippen LogP contribution in [0.15, 0.2) is 45.7 Å². The maximum atomic E-state index is 12.6. The molecule has 0 spiro atoms. The Balaban J connectivity index is 1.94. The van der Waals surface area contributed by atoms with Gasteiger partial charge in [-0.25, -0.2) is 0 Å². The molecule has 1 fully saturated rings. The van der Waals surface area contributed by atoms with Crippen LogP contribution < -0.4 is 0 Å². The van der Waals surface area contributed by atoms with E-state index in [0.717, 1.165) is 5.56 Å². The van der Waals surface area contributed by atoms with Crippen molar-refractivity contribution in [3.63, 3.8) is 0 Å². The summed E-state index contributed by atoms with van der Waals surface area (Å²) in [5, 5.41) is 0. The van der Waals surface area contributed by atoms with Gasteiger partial charge in [-0.15, -0.1) is 4.40 Å². The fraction of sp³-hybridized carbons (Fsp3) is 0.444. The van der Waals surface area contributed by atoms with Crippen molar-refractivity contribution in [3.8, 4) is 0 Å². The van der Waals surface area contributed by atoms with Crippen molar-refractivity contribution in [1.29, 1.82) is 0 Å². The molecule has 3 atom stereocenters. The minimum atomic E-state index is -3.89. The van der Waals surface area contributed by atoms with Crippen LogP contribution in [0.2, 0.25) is 0 Å². The maximum absolute atomic E-state index is 12.6. The highest BCUT2D eigenvalue weighted by Crippen LogP contribution is 2.43. The summed E-state index contributed by atoms with van der Waals surface area (Å²) in [6.07, 6.45) is 3.54. The van der Waals surface area contributed by atoms with E-state index in [-0.39, 0.29) is 41.4 Å². The molecule has 0 aromatic heterocycles. The van der Waals surface area contributed by atoms with Crippen molar-refractivity contribution in [2.24, 2.45) is 16.2 Å². The number of allylic oxidation sites excluding steroid dienone is 1. The van der Waals surface area contributed by atoms with E-state index in [1.54, 1.807) is 18.2 Å². The number of carbonyl (C=O) groups is 1. The van der Waals surface area contributed by atoms with Gasteiger partial charge in [0, 0.05) is 12.3 Å². The zero-order chi connectivity index (χ0) is 18.2. The van der Waals surface area contributed by atoms with Gasteiger partial charge < -0.3 is 9.47 Å². The zero-order valence-electron chi connectivity index (χ0n) is 14.4. The first-order valence-corrected chi connectivity index (χ1v) is 9.51. The smallest absolute Gasteiger partial charge is 0.285 e. The first kappa shape index (κ1) is 17.8. The molecule has 1 aliphatic carbocycles. The van der Waals surface area contributed by atoms with Crippen LogP contribution in [0.3, 0.4) is 0 Å². The highest BCUT2D eigenvalue weighted by Gasteiger charge is 2.50. The minimum Gasteiger partial charge on any atom is -0.483 e. The number of rotatable bonds is 3. The Morgan fingerprint density at radius 2 is 2.00 bits per heavy atom. The van der Waals surface area contributed by atoms with Gasteiger partial charge in [-0.1, -0.05) is 17.7 Å². The van der Waals surface area contributed by atoms with Crippen LogP contribution in [0.1, 0.15) is 18.9 Å². The Bertz CT molecular complexity index is 841. The molecular weight excluding hydrogens is 342 g/mol. The van der Waals surface area contributed by atoms with Crippen LogP contribution in [-0.4, -0.2) is 39.4 Å². The fourth-order valence-corrected chi connectivity index (χ4v) is 4.37. The SMILES string of the molecule is CO/C(=N/S(=O)(=O)c1ccc(C)cc1)[C@H]1CO[C@@]2(C)C=CC(=O)C[C@@H]12. The number of methoxy groups -OCH3 is 1. The molecule has 6 nitrogen and oxygen atoms in total. The average Bonchev–Trinajstić information content (AvgIpc) is 2.90. The predicted octanol–water partition coefficient (Wildman–Crippen LogP) is 2.28.